The normalized spacial score (nSPS) is 15.4. The van der Waals surface area contributed by atoms with Crippen molar-refractivity contribution >= 4 is 46.5 Å². The Morgan fingerprint density at radius 2 is 1.96 bits per heavy atom. The number of primary amides is 1. The van der Waals surface area contributed by atoms with E-state index in [4.69, 9.17) is 22.1 Å². The number of thioether (sulfide) groups is 1. The highest BCUT2D eigenvalue weighted by atomic mass is 35.5. The van der Waals surface area contributed by atoms with E-state index in [-0.39, 0.29) is 24.3 Å². The van der Waals surface area contributed by atoms with Gasteiger partial charge in [-0.25, -0.2) is 0 Å². The van der Waals surface area contributed by atoms with Gasteiger partial charge in [0.1, 0.15) is 5.75 Å². The van der Waals surface area contributed by atoms with E-state index in [0.717, 1.165) is 17.3 Å². The van der Waals surface area contributed by atoms with Gasteiger partial charge < -0.3 is 10.5 Å². The number of nitrogens with zero attached hydrogens (tertiary/aromatic N) is 1. The van der Waals surface area contributed by atoms with Gasteiger partial charge in [-0.2, -0.15) is 0 Å². The SMILES string of the molecule is NC(=O)COc1cccc(/C=C2\SC(=O)N(Cc3cccc(Cl)c3)C2=O)c1. The van der Waals surface area contributed by atoms with E-state index < -0.39 is 5.91 Å². The molecule has 1 fully saturated rings. The summed E-state index contributed by atoms with van der Waals surface area (Å²) in [5.74, 6) is -0.503. The summed E-state index contributed by atoms with van der Waals surface area (Å²) in [5, 5.41) is 0.204. The molecule has 0 bridgehead atoms. The number of carbonyl (C=O) groups excluding carboxylic acids is 3. The molecular formula is C19H15ClN2O4S. The van der Waals surface area contributed by atoms with Gasteiger partial charge in [-0.05, 0) is 53.2 Å². The molecule has 3 amide bonds. The van der Waals surface area contributed by atoms with Gasteiger partial charge in [0.05, 0.1) is 11.4 Å². The van der Waals surface area contributed by atoms with Crippen molar-refractivity contribution in [3.8, 4) is 5.75 Å². The Labute approximate surface area is 164 Å². The van der Waals surface area contributed by atoms with Crippen LogP contribution in [-0.2, 0) is 16.1 Å². The molecule has 0 aromatic heterocycles. The molecule has 0 aliphatic carbocycles. The number of nitrogens with two attached hydrogens (primary N) is 1. The Hall–Kier alpha value is -2.77. The van der Waals surface area contributed by atoms with Crippen molar-refractivity contribution in [3.63, 3.8) is 0 Å². The highest BCUT2D eigenvalue weighted by molar-refractivity contribution is 8.18. The van der Waals surface area contributed by atoms with Crippen molar-refractivity contribution in [1.29, 1.82) is 0 Å². The minimum atomic E-state index is -0.581. The average Bonchev–Trinajstić information content (AvgIpc) is 2.88. The van der Waals surface area contributed by atoms with Crippen molar-refractivity contribution in [2.24, 2.45) is 5.73 Å². The van der Waals surface area contributed by atoms with Crippen LogP contribution < -0.4 is 10.5 Å². The first-order valence-corrected chi connectivity index (χ1v) is 9.13. The number of imide groups is 1. The van der Waals surface area contributed by atoms with Crippen LogP contribution in [0.1, 0.15) is 11.1 Å². The molecule has 8 heteroatoms. The zero-order valence-electron chi connectivity index (χ0n) is 14.1. The van der Waals surface area contributed by atoms with Crippen LogP contribution in [0.25, 0.3) is 6.08 Å². The Balaban J connectivity index is 1.76. The first kappa shape index (κ1) is 19.0. The molecule has 2 N–H and O–H groups in total. The van der Waals surface area contributed by atoms with Crippen LogP contribution >= 0.6 is 23.4 Å². The lowest BCUT2D eigenvalue weighted by molar-refractivity contribution is -0.123. The minimum Gasteiger partial charge on any atom is -0.484 e. The predicted molar refractivity (Wildman–Crippen MR) is 104 cm³/mol. The molecule has 1 saturated heterocycles. The third-order valence-electron chi connectivity index (χ3n) is 3.64. The van der Waals surface area contributed by atoms with Crippen LogP contribution in [0.5, 0.6) is 5.75 Å². The summed E-state index contributed by atoms with van der Waals surface area (Å²) in [7, 11) is 0. The number of benzene rings is 2. The second-order valence-electron chi connectivity index (χ2n) is 5.73. The van der Waals surface area contributed by atoms with Gasteiger partial charge >= 0.3 is 0 Å². The molecule has 6 nitrogen and oxygen atoms in total. The molecule has 2 aromatic carbocycles. The second kappa shape index (κ2) is 8.28. The van der Waals surface area contributed by atoms with Gasteiger partial charge in [0.25, 0.3) is 17.1 Å². The average molecular weight is 403 g/mol. The fourth-order valence-corrected chi connectivity index (χ4v) is 3.51. The molecule has 0 spiro atoms. The quantitative estimate of drug-likeness (QED) is 0.747. The predicted octanol–water partition coefficient (Wildman–Crippen LogP) is 3.44. The molecule has 0 radical (unpaired) electrons. The van der Waals surface area contributed by atoms with Crippen molar-refractivity contribution in [2.45, 2.75) is 6.54 Å². The number of hydrogen-bond donors (Lipinski definition) is 1. The lowest BCUT2D eigenvalue weighted by atomic mass is 10.2. The molecular weight excluding hydrogens is 388 g/mol. The van der Waals surface area contributed by atoms with E-state index in [1.807, 2.05) is 0 Å². The number of halogens is 1. The molecule has 138 valence electrons. The van der Waals surface area contributed by atoms with Crippen molar-refractivity contribution in [2.75, 3.05) is 6.61 Å². The van der Waals surface area contributed by atoms with Gasteiger partial charge in [-0.3, -0.25) is 19.3 Å². The van der Waals surface area contributed by atoms with E-state index in [1.165, 1.54) is 4.90 Å². The fraction of sp³-hybridized carbons (Fsp3) is 0.105. The summed E-state index contributed by atoms with van der Waals surface area (Å²) < 4.78 is 5.25. The molecule has 1 aliphatic heterocycles. The Morgan fingerprint density at radius 1 is 1.19 bits per heavy atom. The van der Waals surface area contributed by atoms with E-state index in [9.17, 15) is 14.4 Å². The lowest BCUT2D eigenvalue weighted by Crippen LogP contribution is -2.27. The van der Waals surface area contributed by atoms with E-state index in [0.29, 0.717) is 21.2 Å². The Morgan fingerprint density at radius 3 is 2.70 bits per heavy atom. The number of carbonyl (C=O) groups is 3. The summed E-state index contributed by atoms with van der Waals surface area (Å²) in [6.07, 6.45) is 1.61. The number of amides is 3. The second-order valence-corrected chi connectivity index (χ2v) is 7.15. The van der Waals surface area contributed by atoms with Gasteiger partial charge in [0, 0.05) is 5.02 Å². The summed E-state index contributed by atoms with van der Waals surface area (Å²) in [5.41, 5.74) is 6.50. The van der Waals surface area contributed by atoms with Crippen LogP contribution in [0, 0.1) is 0 Å². The number of rotatable bonds is 6. The van der Waals surface area contributed by atoms with Crippen molar-refractivity contribution < 1.29 is 19.1 Å². The molecule has 1 heterocycles. The maximum absolute atomic E-state index is 12.6. The molecule has 27 heavy (non-hydrogen) atoms. The lowest BCUT2D eigenvalue weighted by Gasteiger charge is -2.12. The zero-order valence-corrected chi connectivity index (χ0v) is 15.6. The first-order valence-electron chi connectivity index (χ1n) is 7.93. The summed E-state index contributed by atoms with van der Waals surface area (Å²) in [6.45, 7) is -0.0794. The topological polar surface area (TPSA) is 89.7 Å². The highest BCUT2D eigenvalue weighted by Gasteiger charge is 2.35. The van der Waals surface area contributed by atoms with Gasteiger partial charge in [0.2, 0.25) is 0 Å². The van der Waals surface area contributed by atoms with E-state index in [1.54, 1.807) is 54.6 Å². The number of hydrogen-bond acceptors (Lipinski definition) is 5. The van der Waals surface area contributed by atoms with Gasteiger partial charge in [-0.15, -0.1) is 0 Å². The van der Waals surface area contributed by atoms with Gasteiger partial charge in [0.15, 0.2) is 6.61 Å². The monoisotopic (exact) mass is 402 g/mol. The maximum Gasteiger partial charge on any atom is 0.293 e. The zero-order chi connectivity index (χ0) is 19.4. The summed E-state index contributed by atoms with van der Waals surface area (Å²) in [4.78, 5) is 37.1. The fourth-order valence-electron chi connectivity index (χ4n) is 2.45. The highest BCUT2D eigenvalue weighted by Crippen LogP contribution is 2.33. The smallest absolute Gasteiger partial charge is 0.293 e. The molecule has 1 aliphatic rings. The summed E-state index contributed by atoms with van der Waals surface area (Å²) >= 11 is 6.83. The van der Waals surface area contributed by atoms with E-state index >= 15 is 0 Å². The Bertz CT molecular complexity index is 945. The molecule has 0 unspecified atom stereocenters. The first-order chi connectivity index (χ1) is 12.9. The van der Waals surface area contributed by atoms with Gasteiger partial charge in [-0.1, -0.05) is 35.9 Å². The van der Waals surface area contributed by atoms with Crippen LogP contribution in [0.15, 0.2) is 53.4 Å². The van der Waals surface area contributed by atoms with Crippen LogP contribution in [0.4, 0.5) is 4.79 Å². The number of ether oxygens (including phenoxy) is 1. The molecule has 0 saturated carbocycles. The largest absolute Gasteiger partial charge is 0.484 e. The maximum atomic E-state index is 12.6. The molecule has 2 aromatic rings. The third-order valence-corrected chi connectivity index (χ3v) is 4.78. The van der Waals surface area contributed by atoms with E-state index in [2.05, 4.69) is 0 Å². The molecule has 3 rings (SSSR count). The van der Waals surface area contributed by atoms with Crippen LogP contribution in [0.2, 0.25) is 5.02 Å². The minimum absolute atomic E-state index is 0.157. The Kier molecular flexibility index (Phi) is 5.83. The van der Waals surface area contributed by atoms with Crippen molar-refractivity contribution in [1.82, 2.24) is 4.90 Å². The summed E-state index contributed by atoms with van der Waals surface area (Å²) in [6, 6.07) is 13.8. The van der Waals surface area contributed by atoms with Crippen molar-refractivity contribution in [3.05, 3.63) is 69.6 Å². The third kappa shape index (κ3) is 4.90. The van der Waals surface area contributed by atoms with Crippen LogP contribution in [0.3, 0.4) is 0 Å². The molecule has 0 atom stereocenters. The van der Waals surface area contributed by atoms with Crippen LogP contribution in [-0.4, -0.2) is 28.6 Å². The standard InChI is InChI=1S/C19H15ClN2O4S/c20-14-5-1-4-13(7-14)10-22-18(24)16(27-19(22)25)9-12-3-2-6-15(8-12)26-11-17(21)23/h1-9H,10-11H2,(H2,21,23)/b16-9-.